The van der Waals surface area contributed by atoms with E-state index < -0.39 is 16.0 Å². The van der Waals surface area contributed by atoms with Crippen LogP contribution in [-0.4, -0.2) is 42.6 Å². The number of sulfonamides is 1. The largest absolute Gasteiger partial charge is 0.481 e. The quantitative estimate of drug-likeness (QED) is 0.795. The minimum absolute atomic E-state index is 0.175. The van der Waals surface area contributed by atoms with Crippen molar-refractivity contribution in [3.63, 3.8) is 0 Å². The highest BCUT2D eigenvalue weighted by atomic mass is 32.2. The molecule has 1 unspecified atom stereocenters. The Balaban J connectivity index is 4.71. The van der Waals surface area contributed by atoms with Crippen molar-refractivity contribution in [3.05, 3.63) is 0 Å². The molecule has 0 aliphatic carbocycles. The molecule has 0 spiro atoms. The molecule has 0 aliphatic rings. The second-order valence-electron chi connectivity index (χ2n) is 5.02. The Bertz CT molecular complexity index is 342. The molecular weight excluding hydrogens is 230 g/mol. The summed E-state index contributed by atoms with van der Waals surface area (Å²) in [6.45, 7) is 7.65. The number of hydrogen-bond donors (Lipinski definition) is 1. The summed E-state index contributed by atoms with van der Waals surface area (Å²) in [5.74, 6) is -1.44. The Hall–Kier alpha value is -0.620. The van der Waals surface area contributed by atoms with Gasteiger partial charge in [-0.05, 0) is 12.3 Å². The van der Waals surface area contributed by atoms with Gasteiger partial charge < -0.3 is 5.11 Å². The second-order valence-corrected chi connectivity index (χ2v) is 7.17. The van der Waals surface area contributed by atoms with Crippen molar-refractivity contribution in [1.82, 2.24) is 4.31 Å². The van der Waals surface area contributed by atoms with Crippen LogP contribution in [0.4, 0.5) is 0 Å². The zero-order valence-corrected chi connectivity index (χ0v) is 11.3. The minimum atomic E-state index is -3.49. The predicted octanol–water partition coefficient (Wildman–Crippen LogP) is 1.16. The van der Waals surface area contributed by atoms with Gasteiger partial charge in [-0.2, -0.15) is 0 Å². The van der Waals surface area contributed by atoms with Gasteiger partial charge in [-0.1, -0.05) is 20.8 Å². The van der Waals surface area contributed by atoms with Crippen LogP contribution >= 0.6 is 0 Å². The van der Waals surface area contributed by atoms with Crippen LogP contribution in [0.3, 0.4) is 0 Å². The number of aliphatic carboxylic acids is 1. The summed E-state index contributed by atoms with van der Waals surface area (Å²) in [7, 11) is -1.99. The maximum absolute atomic E-state index is 11.8. The van der Waals surface area contributed by atoms with Gasteiger partial charge in [0.25, 0.3) is 0 Å². The number of carboxylic acid groups (broad SMARTS) is 1. The number of rotatable bonds is 5. The topological polar surface area (TPSA) is 74.7 Å². The van der Waals surface area contributed by atoms with Crippen molar-refractivity contribution in [2.75, 3.05) is 12.8 Å². The van der Waals surface area contributed by atoms with E-state index >= 15 is 0 Å². The summed E-state index contributed by atoms with van der Waals surface area (Å²) in [4.78, 5) is 10.4. The third-order valence-corrected chi connectivity index (χ3v) is 4.73. The van der Waals surface area contributed by atoms with Gasteiger partial charge in [-0.15, -0.1) is 0 Å². The van der Waals surface area contributed by atoms with Gasteiger partial charge >= 0.3 is 5.97 Å². The van der Waals surface area contributed by atoms with Crippen LogP contribution in [-0.2, 0) is 14.8 Å². The SMILES string of the molecule is CC(N(C)S(=O)(=O)CCC(=O)O)C(C)(C)C. The first-order valence-corrected chi connectivity index (χ1v) is 6.77. The van der Waals surface area contributed by atoms with E-state index in [9.17, 15) is 13.2 Å². The lowest BCUT2D eigenvalue weighted by Gasteiger charge is -2.34. The van der Waals surface area contributed by atoms with E-state index in [2.05, 4.69) is 0 Å². The van der Waals surface area contributed by atoms with E-state index in [0.29, 0.717) is 0 Å². The van der Waals surface area contributed by atoms with E-state index in [4.69, 9.17) is 5.11 Å². The molecule has 0 aromatic carbocycles. The average molecular weight is 251 g/mol. The monoisotopic (exact) mass is 251 g/mol. The van der Waals surface area contributed by atoms with E-state index in [1.165, 1.54) is 11.4 Å². The minimum Gasteiger partial charge on any atom is -0.481 e. The molecule has 0 amide bonds. The standard InChI is InChI=1S/C10H21NO4S/c1-8(10(2,3)4)11(5)16(14,15)7-6-9(12)13/h8H,6-7H2,1-5H3,(H,12,13). The van der Waals surface area contributed by atoms with Gasteiger partial charge in [-0.25, -0.2) is 12.7 Å². The number of carbonyl (C=O) groups is 1. The predicted molar refractivity (Wildman–Crippen MR) is 62.7 cm³/mol. The molecule has 1 N–H and O–H groups in total. The summed E-state index contributed by atoms with van der Waals surface area (Å²) >= 11 is 0. The van der Waals surface area contributed by atoms with Crippen LogP contribution in [0, 0.1) is 5.41 Å². The molecular formula is C10H21NO4S. The number of hydrogen-bond acceptors (Lipinski definition) is 3. The second kappa shape index (κ2) is 5.14. The third-order valence-electron chi connectivity index (χ3n) is 2.81. The van der Waals surface area contributed by atoms with Crippen molar-refractivity contribution in [1.29, 1.82) is 0 Å². The summed E-state index contributed by atoms with van der Waals surface area (Å²) in [6, 6.07) is -0.175. The summed E-state index contributed by atoms with van der Waals surface area (Å²) in [5.41, 5.74) is -0.176. The molecule has 16 heavy (non-hydrogen) atoms. The van der Waals surface area contributed by atoms with Gasteiger partial charge in [0.2, 0.25) is 10.0 Å². The van der Waals surface area contributed by atoms with E-state index in [1.807, 2.05) is 27.7 Å². The maximum Gasteiger partial charge on any atom is 0.304 e. The fourth-order valence-corrected chi connectivity index (χ4v) is 2.67. The smallest absolute Gasteiger partial charge is 0.304 e. The van der Waals surface area contributed by atoms with Crippen molar-refractivity contribution < 1.29 is 18.3 Å². The Labute approximate surface area is 97.5 Å². The van der Waals surface area contributed by atoms with Crippen molar-refractivity contribution in [2.24, 2.45) is 5.41 Å². The Morgan fingerprint density at radius 2 is 1.81 bits per heavy atom. The Kier molecular flexibility index (Phi) is 4.94. The molecule has 0 radical (unpaired) electrons. The normalized spacial score (nSPS) is 15.1. The summed E-state index contributed by atoms with van der Waals surface area (Å²) < 4.78 is 24.8. The highest BCUT2D eigenvalue weighted by molar-refractivity contribution is 7.89. The van der Waals surface area contributed by atoms with Crippen LogP contribution in [0.1, 0.15) is 34.1 Å². The first-order chi connectivity index (χ1) is 6.98. The van der Waals surface area contributed by atoms with Gasteiger partial charge in [0.15, 0.2) is 0 Å². The maximum atomic E-state index is 11.8. The van der Waals surface area contributed by atoms with E-state index in [0.717, 1.165) is 0 Å². The van der Waals surface area contributed by atoms with Gasteiger partial charge in [-0.3, -0.25) is 4.79 Å². The first kappa shape index (κ1) is 15.4. The summed E-state index contributed by atoms with van der Waals surface area (Å²) in [5, 5.41) is 8.47. The number of carboxylic acids is 1. The Morgan fingerprint density at radius 1 is 1.38 bits per heavy atom. The van der Waals surface area contributed by atoms with Gasteiger partial charge in [0.05, 0.1) is 12.2 Å². The molecule has 0 aliphatic heterocycles. The van der Waals surface area contributed by atoms with Crippen LogP contribution in [0.5, 0.6) is 0 Å². The fourth-order valence-electron chi connectivity index (χ4n) is 1.15. The number of nitrogens with zero attached hydrogens (tertiary/aromatic N) is 1. The lowest BCUT2D eigenvalue weighted by Crippen LogP contribution is -2.44. The first-order valence-electron chi connectivity index (χ1n) is 5.16. The van der Waals surface area contributed by atoms with Crippen molar-refractivity contribution in [3.8, 4) is 0 Å². The third kappa shape index (κ3) is 4.49. The lowest BCUT2D eigenvalue weighted by atomic mass is 9.88. The van der Waals surface area contributed by atoms with Crippen molar-refractivity contribution >= 4 is 16.0 Å². The Morgan fingerprint density at radius 3 is 2.12 bits per heavy atom. The molecule has 0 bridgehead atoms. The summed E-state index contributed by atoms with van der Waals surface area (Å²) in [6.07, 6.45) is -0.358. The van der Waals surface area contributed by atoms with Gasteiger partial charge in [0.1, 0.15) is 0 Å². The molecule has 6 heteroatoms. The molecule has 0 saturated heterocycles. The van der Waals surface area contributed by atoms with E-state index in [1.54, 1.807) is 0 Å². The molecule has 0 heterocycles. The molecule has 0 aromatic rings. The lowest BCUT2D eigenvalue weighted by molar-refractivity contribution is -0.136. The zero-order valence-electron chi connectivity index (χ0n) is 10.5. The highest BCUT2D eigenvalue weighted by Crippen LogP contribution is 2.25. The molecule has 0 fully saturated rings. The molecule has 96 valence electrons. The molecule has 1 atom stereocenters. The van der Waals surface area contributed by atoms with Crippen LogP contribution in [0.15, 0.2) is 0 Å². The van der Waals surface area contributed by atoms with Crippen LogP contribution in [0.2, 0.25) is 0 Å². The molecule has 5 nitrogen and oxygen atoms in total. The zero-order chi connectivity index (χ0) is 13.1. The van der Waals surface area contributed by atoms with Crippen molar-refractivity contribution in [2.45, 2.75) is 40.2 Å². The van der Waals surface area contributed by atoms with E-state index in [-0.39, 0.29) is 23.6 Å². The van der Waals surface area contributed by atoms with Crippen LogP contribution in [0.25, 0.3) is 0 Å². The van der Waals surface area contributed by atoms with Gasteiger partial charge in [0, 0.05) is 13.1 Å². The fraction of sp³-hybridized carbons (Fsp3) is 0.900. The molecule has 0 saturated carbocycles. The average Bonchev–Trinajstić information content (AvgIpc) is 2.11. The molecule has 0 aromatic heterocycles. The van der Waals surface area contributed by atoms with Crippen LogP contribution < -0.4 is 0 Å². The molecule has 0 rings (SSSR count). The highest BCUT2D eigenvalue weighted by Gasteiger charge is 2.31.